The molecule has 0 bridgehead atoms. The lowest BCUT2D eigenvalue weighted by Crippen LogP contribution is -2.41. The van der Waals surface area contributed by atoms with E-state index in [1.54, 1.807) is 26.0 Å². The second-order valence-electron chi connectivity index (χ2n) is 6.15. The van der Waals surface area contributed by atoms with Crippen LogP contribution in [0.5, 0.6) is 0 Å². The Morgan fingerprint density at radius 3 is 2.16 bits per heavy atom. The zero-order chi connectivity index (χ0) is 19.1. The summed E-state index contributed by atoms with van der Waals surface area (Å²) in [6.07, 6.45) is 1.46. The van der Waals surface area contributed by atoms with Crippen molar-refractivity contribution in [3.63, 3.8) is 0 Å². The molecule has 0 fully saturated rings. The number of rotatable bonds is 11. The average Bonchev–Trinajstić information content (AvgIpc) is 2.52. The molecule has 25 heavy (non-hydrogen) atoms. The van der Waals surface area contributed by atoms with E-state index in [4.69, 9.17) is 0 Å². The van der Waals surface area contributed by atoms with Crippen LogP contribution < -0.4 is 9.44 Å². The Bertz CT molecular complexity index is 740. The maximum atomic E-state index is 12.4. The van der Waals surface area contributed by atoms with E-state index >= 15 is 0 Å². The van der Waals surface area contributed by atoms with E-state index in [1.165, 1.54) is 16.4 Å². The molecule has 0 saturated heterocycles. The molecule has 1 rings (SSSR count). The Morgan fingerprint density at radius 2 is 1.64 bits per heavy atom. The normalized spacial score (nSPS) is 12.9. The zero-order valence-corrected chi connectivity index (χ0v) is 17.0. The van der Waals surface area contributed by atoms with Gasteiger partial charge in [-0.05, 0) is 44.4 Å². The fraction of sp³-hybridized carbons (Fsp3) is 0.625. The van der Waals surface area contributed by atoms with Gasteiger partial charge in [0.05, 0.1) is 4.90 Å². The molecule has 0 radical (unpaired) electrons. The van der Waals surface area contributed by atoms with Gasteiger partial charge in [-0.25, -0.2) is 13.1 Å². The van der Waals surface area contributed by atoms with Gasteiger partial charge in [0.1, 0.15) is 0 Å². The Morgan fingerprint density at radius 1 is 1.04 bits per heavy atom. The summed E-state index contributed by atoms with van der Waals surface area (Å²) < 4.78 is 55.7. The Kier molecular flexibility index (Phi) is 8.49. The highest BCUT2D eigenvalue weighted by Crippen LogP contribution is 2.13. The first-order valence-electron chi connectivity index (χ1n) is 8.48. The summed E-state index contributed by atoms with van der Waals surface area (Å²) in [5.74, 6) is 0. The third-order valence-electron chi connectivity index (χ3n) is 3.34. The Labute approximate surface area is 152 Å². The van der Waals surface area contributed by atoms with E-state index in [9.17, 15) is 16.8 Å². The van der Waals surface area contributed by atoms with E-state index in [-0.39, 0.29) is 17.5 Å². The Balaban J connectivity index is 2.89. The van der Waals surface area contributed by atoms with Gasteiger partial charge in [-0.1, -0.05) is 26.0 Å². The van der Waals surface area contributed by atoms with E-state index in [1.807, 2.05) is 13.8 Å². The molecule has 144 valence electrons. The summed E-state index contributed by atoms with van der Waals surface area (Å²) in [5, 5.41) is 0. The van der Waals surface area contributed by atoms with Gasteiger partial charge in [-0.2, -0.15) is 17.4 Å². The highest BCUT2D eigenvalue weighted by atomic mass is 32.2. The van der Waals surface area contributed by atoms with Gasteiger partial charge in [0.25, 0.3) is 10.2 Å². The van der Waals surface area contributed by atoms with Crippen molar-refractivity contribution in [2.24, 2.45) is 0 Å². The third-order valence-corrected chi connectivity index (χ3v) is 6.55. The van der Waals surface area contributed by atoms with Crippen LogP contribution in [0, 0.1) is 0 Å². The minimum absolute atomic E-state index is 0.0390. The predicted octanol–water partition coefficient (Wildman–Crippen LogP) is 1.83. The molecule has 2 N–H and O–H groups in total. The SMILES string of the molecule is CCCN(CCC)S(=O)(=O)NCc1cccc(S(=O)(=O)NC(C)C)c1. The summed E-state index contributed by atoms with van der Waals surface area (Å²) in [7, 11) is -7.20. The van der Waals surface area contributed by atoms with Crippen molar-refractivity contribution < 1.29 is 16.8 Å². The molecular weight excluding hydrogens is 362 g/mol. The van der Waals surface area contributed by atoms with E-state index < -0.39 is 20.2 Å². The van der Waals surface area contributed by atoms with Crippen LogP contribution in [0.15, 0.2) is 29.2 Å². The van der Waals surface area contributed by atoms with Gasteiger partial charge in [-0.15, -0.1) is 0 Å². The minimum Gasteiger partial charge on any atom is -0.209 e. The smallest absolute Gasteiger partial charge is 0.209 e. The molecule has 0 spiro atoms. The molecular formula is C16H29N3O4S2. The van der Waals surface area contributed by atoms with E-state index in [0.29, 0.717) is 18.7 Å². The van der Waals surface area contributed by atoms with Crippen LogP contribution in [-0.2, 0) is 26.8 Å². The summed E-state index contributed by atoms with van der Waals surface area (Å²) in [5.41, 5.74) is 0.586. The van der Waals surface area contributed by atoms with Gasteiger partial charge in [0.15, 0.2) is 0 Å². The van der Waals surface area contributed by atoms with Crippen LogP contribution in [-0.4, -0.2) is 40.3 Å². The highest BCUT2D eigenvalue weighted by molar-refractivity contribution is 7.89. The van der Waals surface area contributed by atoms with Gasteiger partial charge < -0.3 is 0 Å². The first-order chi connectivity index (χ1) is 11.6. The molecule has 7 nitrogen and oxygen atoms in total. The second-order valence-corrected chi connectivity index (χ2v) is 9.62. The van der Waals surface area contributed by atoms with Crippen molar-refractivity contribution >= 4 is 20.2 Å². The topological polar surface area (TPSA) is 95.6 Å². The molecule has 0 aliphatic carbocycles. The molecule has 0 unspecified atom stereocenters. The molecule has 0 atom stereocenters. The van der Waals surface area contributed by atoms with Gasteiger partial charge in [-0.3, -0.25) is 0 Å². The van der Waals surface area contributed by atoms with Gasteiger partial charge >= 0.3 is 0 Å². The molecule has 9 heteroatoms. The van der Waals surface area contributed by atoms with E-state index in [0.717, 1.165) is 12.8 Å². The van der Waals surface area contributed by atoms with Crippen molar-refractivity contribution in [2.75, 3.05) is 13.1 Å². The fourth-order valence-corrected chi connectivity index (χ4v) is 5.02. The van der Waals surface area contributed by atoms with E-state index in [2.05, 4.69) is 9.44 Å². The number of nitrogens with zero attached hydrogens (tertiary/aromatic N) is 1. The van der Waals surface area contributed by atoms with Crippen LogP contribution in [0.25, 0.3) is 0 Å². The molecule has 0 aromatic heterocycles. The summed E-state index contributed by atoms with van der Waals surface area (Å²) >= 11 is 0. The quantitative estimate of drug-likeness (QED) is 0.601. The first-order valence-corrected chi connectivity index (χ1v) is 11.4. The maximum absolute atomic E-state index is 12.4. The van der Waals surface area contributed by atoms with Crippen LogP contribution >= 0.6 is 0 Å². The summed E-state index contributed by atoms with van der Waals surface area (Å²) in [6, 6.07) is 6.05. The molecule has 0 aliphatic rings. The summed E-state index contributed by atoms with van der Waals surface area (Å²) in [4.78, 5) is 0.122. The largest absolute Gasteiger partial charge is 0.279 e. The van der Waals surface area contributed by atoms with Gasteiger partial charge in [0.2, 0.25) is 10.0 Å². The highest BCUT2D eigenvalue weighted by Gasteiger charge is 2.20. The number of hydrogen-bond donors (Lipinski definition) is 2. The second kappa shape index (κ2) is 9.63. The third kappa shape index (κ3) is 7.02. The van der Waals surface area contributed by atoms with Crippen molar-refractivity contribution in [1.82, 2.24) is 13.7 Å². The monoisotopic (exact) mass is 391 g/mol. The molecule has 0 heterocycles. The molecule has 0 amide bonds. The lowest BCUT2D eigenvalue weighted by molar-refractivity contribution is 0.401. The number of hydrogen-bond acceptors (Lipinski definition) is 4. The molecule has 0 saturated carbocycles. The molecule has 0 aliphatic heterocycles. The number of sulfonamides is 1. The van der Waals surface area contributed by atoms with Crippen LogP contribution in [0.1, 0.15) is 46.1 Å². The minimum atomic E-state index is -3.61. The standard InChI is InChI=1S/C16H29N3O4S2/c1-5-10-19(11-6-2)25(22,23)17-13-15-8-7-9-16(12-15)24(20,21)18-14(3)4/h7-9,12,14,17-18H,5-6,10-11,13H2,1-4H3. The lowest BCUT2D eigenvalue weighted by Gasteiger charge is -2.21. The zero-order valence-electron chi connectivity index (χ0n) is 15.3. The van der Waals surface area contributed by atoms with Crippen molar-refractivity contribution in [3.05, 3.63) is 29.8 Å². The van der Waals surface area contributed by atoms with Crippen molar-refractivity contribution in [1.29, 1.82) is 0 Å². The predicted molar refractivity (Wildman–Crippen MR) is 99.8 cm³/mol. The van der Waals surface area contributed by atoms with Crippen LogP contribution in [0.4, 0.5) is 0 Å². The fourth-order valence-electron chi connectivity index (χ4n) is 2.32. The van der Waals surface area contributed by atoms with Crippen LogP contribution in [0.3, 0.4) is 0 Å². The van der Waals surface area contributed by atoms with Crippen molar-refractivity contribution in [3.8, 4) is 0 Å². The Hall–Kier alpha value is -1.00. The number of benzene rings is 1. The number of nitrogens with one attached hydrogen (secondary N) is 2. The van der Waals surface area contributed by atoms with Crippen molar-refractivity contribution in [2.45, 2.75) is 58.0 Å². The average molecular weight is 392 g/mol. The maximum Gasteiger partial charge on any atom is 0.279 e. The molecule has 1 aromatic rings. The first kappa shape index (κ1) is 22.0. The van der Waals surface area contributed by atoms with Gasteiger partial charge in [0, 0.05) is 25.7 Å². The molecule has 1 aromatic carbocycles. The lowest BCUT2D eigenvalue weighted by atomic mass is 10.2. The summed E-state index contributed by atoms with van der Waals surface area (Å²) in [6.45, 7) is 8.28. The van der Waals surface area contributed by atoms with Crippen LogP contribution in [0.2, 0.25) is 0 Å².